The highest BCUT2D eigenvalue weighted by Crippen LogP contribution is 2.48. The number of ether oxygens (including phenoxy) is 1. The average molecular weight is 364 g/mol. The predicted molar refractivity (Wildman–Crippen MR) is 97.9 cm³/mol. The molecule has 2 aliphatic heterocycles. The Balaban J connectivity index is 1.78. The summed E-state index contributed by atoms with van der Waals surface area (Å²) < 4.78 is 5.17. The van der Waals surface area contributed by atoms with E-state index in [1.807, 2.05) is 24.3 Å². The minimum absolute atomic E-state index is 0.0510. The number of esters is 1. The Hall–Kier alpha value is -3.12. The Labute approximate surface area is 157 Å². The lowest BCUT2D eigenvalue weighted by Gasteiger charge is -2.35. The van der Waals surface area contributed by atoms with Gasteiger partial charge in [0, 0.05) is 17.5 Å². The summed E-state index contributed by atoms with van der Waals surface area (Å²) in [7, 11) is 0. The molecule has 0 bridgehead atoms. The van der Waals surface area contributed by atoms with Crippen molar-refractivity contribution in [3.05, 3.63) is 83.2 Å². The minimum atomic E-state index is -1.41. The zero-order valence-electron chi connectivity index (χ0n) is 14.9. The first-order chi connectivity index (χ1) is 13.1. The quantitative estimate of drug-likeness (QED) is 0.481. The number of aliphatic hydroxyl groups is 1. The number of nitrogens with one attached hydrogen (secondary N) is 1. The summed E-state index contributed by atoms with van der Waals surface area (Å²) in [5.41, 5.74) is 2.96. The van der Waals surface area contributed by atoms with Gasteiger partial charge in [-0.15, -0.1) is 0 Å². The molecular formula is C21H20N2O4. The van der Waals surface area contributed by atoms with Gasteiger partial charge in [0.15, 0.2) is 17.3 Å². The van der Waals surface area contributed by atoms with Gasteiger partial charge in [0.2, 0.25) is 0 Å². The molecule has 6 nitrogen and oxygen atoms in total. The van der Waals surface area contributed by atoms with E-state index in [9.17, 15) is 14.7 Å². The van der Waals surface area contributed by atoms with Crippen molar-refractivity contribution < 1.29 is 19.4 Å². The zero-order chi connectivity index (χ0) is 19.0. The van der Waals surface area contributed by atoms with Gasteiger partial charge in [-0.25, -0.2) is 9.80 Å². The maximum absolute atomic E-state index is 13.2. The summed E-state index contributed by atoms with van der Waals surface area (Å²) in [5, 5.41) is 12.9. The first-order valence-corrected chi connectivity index (χ1v) is 8.91. The highest BCUT2D eigenvalue weighted by molar-refractivity contribution is 6.06. The molecule has 2 aromatic carbocycles. The predicted octanol–water partition coefficient (Wildman–Crippen LogP) is 2.33. The number of fused-ring (bicyclic) bond motifs is 1. The molecule has 6 heteroatoms. The van der Waals surface area contributed by atoms with Crippen LogP contribution in [0, 0.1) is 5.92 Å². The summed E-state index contributed by atoms with van der Waals surface area (Å²) in [6.45, 7) is 1.93. The zero-order valence-corrected chi connectivity index (χ0v) is 14.9. The summed E-state index contributed by atoms with van der Waals surface area (Å²) in [6, 6.07) is 17.9. The largest absolute Gasteiger partial charge is 0.463 e. The molecule has 0 aliphatic carbocycles. The Kier molecular flexibility index (Phi) is 4.20. The van der Waals surface area contributed by atoms with Gasteiger partial charge in [-0.05, 0) is 6.92 Å². The van der Waals surface area contributed by atoms with Gasteiger partial charge >= 0.3 is 5.97 Å². The van der Waals surface area contributed by atoms with Crippen LogP contribution in [0.15, 0.2) is 72.1 Å². The van der Waals surface area contributed by atoms with Gasteiger partial charge in [-0.1, -0.05) is 60.7 Å². The van der Waals surface area contributed by atoms with E-state index in [1.54, 1.807) is 43.3 Å². The number of rotatable bonds is 5. The van der Waals surface area contributed by atoms with Crippen LogP contribution in [0.4, 0.5) is 0 Å². The number of hydrazine groups is 1. The summed E-state index contributed by atoms with van der Waals surface area (Å²) in [4.78, 5) is 25.8. The number of Topliss-reactive ketones (excluding diaryl/α,β-unsaturated/α-hetero) is 1. The van der Waals surface area contributed by atoms with Crippen LogP contribution >= 0.6 is 0 Å². The number of ketones is 1. The maximum atomic E-state index is 13.2. The highest BCUT2D eigenvalue weighted by Gasteiger charge is 2.57. The first-order valence-electron chi connectivity index (χ1n) is 8.91. The third-order valence-corrected chi connectivity index (χ3v) is 4.96. The number of benzene rings is 2. The molecule has 0 saturated carbocycles. The van der Waals surface area contributed by atoms with Crippen LogP contribution in [-0.4, -0.2) is 28.5 Å². The summed E-state index contributed by atoms with van der Waals surface area (Å²) in [6.07, 6.45) is 0.0510. The molecular weight excluding hydrogens is 344 g/mol. The van der Waals surface area contributed by atoms with E-state index < -0.39 is 17.6 Å². The number of carbonyl (C=O) groups excluding carboxylic acids is 2. The second kappa shape index (κ2) is 6.55. The van der Waals surface area contributed by atoms with Crippen molar-refractivity contribution in [3.63, 3.8) is 0 Å². The molecule has 0 radical (unpaired) electrons. The van der Waals surface area contributed by atoms with E-state index in [4.69, 9.17) is 4.74 Å². The third-order valence-electron chi connectivity index (χ3n) is 4.96. The number of hydrogen-bond acceptors (Lipinski definition) is 6. The molecule has 0 spiro atoms. The van der Waals surface area contributed by atoms with Crippen LogP contribution in [0.1, 0.15) is 29.3 Å². The van der Waals surface area contributed by atoms with Gasteiger partial charge in [0.1, 0.15) is 0 Å². The second-order valence-corrected chi connectivity index (χ2v) is 6.60. The van der Waals surface area contributed by atoms with E-state index in [0.717, 1.165) is 0 Å². The standard InChI is InChI=1S/C21H20N2O4/c1-2-27-20(25)17-16(18(24)14-9-5-3-6-10-14)13-21(26,23-19(17)22-23)15-11-7-4-8-12-15/h3-12,16,22,26H,2,13H2,1H3/t16-,21+,23?/m0/s1. The van der Waals surface area contributed by atoms with Gasteiger partial charge in [0.25, 0.3) is 0 Å². The molecule has 2 N–H and O–H groups in total. The number of nitrogens with zero attached hydrogens (tertiary/aromatic N) is 1. The van der Waals surface area contributed by atoms with Crippen LogP contribution in [0.3, 0.4) is 0 Å². The van der Waals surface area contributed by atoms with Gasteiger partial charge in [-0.2, -0.15) is 0 Å². The molecule has 2 atom stereocenters. The van der Waals surface area contributed by atoms with Crippen LogP contribution in [-0.2, 0) is 15.3 Å². The van der Waals surface area contributed by atoms with Crippen molar-refractivity contribution in [1.82, 2.24) is 10.4 Å². The van der Waals surface area contributed by atoms with E-state index in [2.05, 4.69) is 5.43 Å². The summed E-state index contributed by atoms with van der Waals surface area (Å²) in [5.74, 6) is -1.11. The fourth-order valence-electron chi connectivity index (χ4n) is 3.61. The van der Waals surface area contributed by atoms with Crippen LogP contribution in [0.2, 0.25) is 0 Å². The highest BCUT2D eigenvalue weighted by atomic mass is 16.5. The Morgan fingerprint density at radius 1 is 1.15 bits per heavy atom. The van der Waals surface area contributed by atoms with Crippen LogP contribution in [0.5, 0.6) is 0 Å². The lowest BCUT2D eigenvalue weighted by molar-refractivity contribution is -0.140. The maximum Gasteiger partial charge on any atom is 0.338 e. The molecule has 0 unspecified atom stereocenters. The van der Waals surface area contributed by atoms with E-state index in [0.29, 0.717) is 16.9 Å². The monoisotopic (exact) mass is 364 g/mol. The molecule has 138 valence electrons. The van der Waals surface area contributed by atoms with Crippen molar-refractivity contribution in [2.75, 3.05) is 6.61 Å². The normalized spacial score (nSPS) is 23.3. The molecule has 0 aromatic heterocycles. The van der Waals surface area contributed by atoms with Gasteiger partial charge in [0.05, 0.1) is 18.1 Å². The van der Waals surface area contributed by atoms with Crippen molar-refractivity contribution in [3.8, 4) is 0 Å². The molecule has 2 aliphatic rings. The lowest BCUT2D eigenvalue weighted by atomic mass is 9.79. The molecule has 1 fully saturated rings. The van der Waals surface area contributed by atoms with Crippen molar-refractivity contribution in [2.24, 2.45) is 5.92 Å². The third kappa shape index (κ3) is 2.88. The SMILES string of the molecule is CCOC(=O)C1=C2NN2[C@](O)(c2ccccc2)C[C@@H]1C(=O)c1ccccc1. The van der Waals surface area contributed by atoms with Gasteiger partial charge < -0.3 is 9.84 Å². The van der Waals surface area contributed by atoms with Crippen molar-refractivity contribution in [1.29, 1.82) is 0 Å². The molecule has 1 saturated heterocycles. The Morgan fingerprint density at radius 3 is 2.41 bits per heavy atom. The van der Waals surface area contributed by atoms with E-state index >= 15 is 0 Å². The smallest absolute Gasteiger partial charge is 0.338 e. The second-order valence-electron chi connectivity index (χ2n) is 6.60. The minimum Gasteiger partial charge on any atom is -0.463 e. The van der Waals surface area contributed by atoms with Crippen LogP contribution < -0.4 is 5.43 Å². The molecule has 27 heavy (non-hydrogen) atoms. The Bertz CT molecular complexity index is 910. The Morgan fingerprint density at radius 2 is 1.78 bits per heavy atom. The fourth-order valence-corrected chi connectivity index (χ4v) is 3.61. The molecule has 0 amide bonds. The van der Waals surface area contributed by atoms with E-state index in [1.165, 1.54) is 5.01 Å². The molecule has 2 aromatic rings. The van der Waals surface area contributed by atoms with E-state index in [-0.39, 0.29) is 24.4 Å². The molecule has 2 heterocycles. The molecule has 4 rings (SSSR count). The van der Waals surface area contributed by atoms with Gasteiger partial charge in [-0.3, -0.25) is 10.2 Å². The number of hydrogen-bond donors (Lipinski definition) is 2. The van der Waals surface area contributed by atoms with Crippen molar-refractivity contribution in [2.45, 2.75) is 19.1 Å². The lowest BCUT2D eigenvalue weighted by Crippen LogP contribution is -2.43. The topological polar surface area (TPSA) is 88.6 Å². The fraction of sp³-hybridized carbons (Fsp3) is 0.238. The first kappa shape index (κ1) is 17.3. The van der Waals surface area contributed by atoms with Crippen LogP contribution in [0.25, 0.3) is 0 Å². The van der Waals surface area contributed by atoms with Crippen molar-refractivity contribution >= 4 is 11.8 Å². The number of carbonyl (C=O) groups is 2. The average Bonchev–Trinajstić information content (AvgIpc) is 3.50. The summed E-state index contributed by atoms with van der Waals surface area (Å²) >= 11 is 0.